The number of aromatic nitrogens is 3. The van der Waals surface area contributed by atoms with Crippen LogP contribution >= 0.6 is 0 Å². The molecule has 4 aromatic rings. The summed E-state index contributed by atoms with van der Waals surface area (Å²) in [4.78, 5) is 4.83. The van der Waals surface area contributed by atoms with Crippen LogP contribution in [0.4, 0.5) is 0 Å². The van der Waals surface area contributed by atoms with E-state index < -0.39 is 0 Å². The van der Waals surface area contributed by atoms with Crippen molar-refractivity contribution >= 4 is 11.0 Å². The maximum absolute atomic E-state index is 9.27. The van der Waals surface area contributed by atoms with E-state index in [1.165, 1.54) is 12.8 Å². The third kappa shape index (κ3) is 3.35. The predicted molar refractivity (Wildman–Crippen MR) is 119 cm³/mol. The van der Waals surface area contributed by atoms with E-state index >= 15 is 0 Å². The van der Waals surface area contributed by atoms with E-state index in [0.717, 1.165) is 40.0 Å². The molecule has 2 aromatic heterocycles. The lowest BCUT2D eigenvalue weighted by Crippen LogP contribution is -2.21. The normalized spacial score (nSPS) is 13.8. The first-order valence-electron chi connectivity index (χ1n) is 10.7. The summed E-state index contributed by atoms with van der Waals surface area (Å²) in [5, 5.41) is 19.2. The van der Waals surface area contributed by atoms with Gasteiger partial charge in [-0.3, -0.25) is 5.41 Å². The maximum Gasteiger partial charge on any atom is 0.146 e. The molecule has 0 aliphatic heterocycles. The summed E-state index contributed by atoms with van der Waals surface area (Å²) >= 11 is 0. The summed E-state index contributed by atoms with van der Waals surface area (Å²) in [6.45, 7) is 1.62. The molecule has 0 spiro atoms. The highest BCUT2D eigenvalue weighted by atomic mass is 16.3. The van der Waals surface area contributed by atoms with Gasteiger partial charge in [-0.25, -0.2) is 4.98 Å². The second-order valence-electron chi connectivity index (χ2n) is 8.07. The number of aryl methyl sites for hydroxylation is 1. The minimum absolute atomic E-state index is 0.105. The lowest BCUT2D eigenvalue weighted by Gasteiger charge is -2.12. The molecule has 5 rings (SSSR count). The molecule has 2 aromatic carbocycles. The molecule has 30 heavy (non-hydrogen) atoms. The number of hydrogen-bond acceptors (Lipinski definition) is 3. The minimum atomic E-state index is 0.105. The van der Waals surface area contributed by atoms with Gasteiger partial charge in [-0.05, 0) is 36.3 Å². The van der Waals surface area contributed by atoms with Crippen molar-refractivity contribution in [2.45, 2.75) is 32.4 Å². The van der Waals surface area contributed by atoms with Gasteiger partial charge in [0.25, 0.3) is 0 Å². The van der Waals surface area contributed by atoms with Crippen molar-refractivity contribution in [3.05, 3.63) is 72.5 Å². The first-order chi connectivity index (χ1) is 14.8. The van der Waals surface area contributed by atoms with Crippen LogP contribution in [0.1, 0.15) is 19.3 Å². The lowest BCUT2D eigenvalue weighted by atomic mass is 9.99. The Bertz CT molecular complexity index is 1220. The fraction of sp³-hybridized carbons (Fsp3) is 0.280. The summed E-state index contributed by atoms with van der Waals surface area (Å²) in [5.74, 6) is 0.685. The smallest absolute Gasteiger partial charge is 0.146 e. The van der Waals surface area contributed by atoms with Gasteiger partial charge >= 0.3 is 0 Å². The van der Waals surface area contributed by atoms with Gasteiger partial charge in [0.1, 0.15) is 11.1 Å². The topological polar surface area (TPSA) is 66.8 Å². The van der Waals surface area contributed by atoms with E-state index in [9.17, 15) is 5.11 Å². The summed E-state index contributed by atoms with van der Waals surface area (Å²) in [6, 6.07) is 20.8. The highest BCUT2D eigenvalue weighted by Crippen LogP contribution is 2.41. The van der Waals surface area contributed by atoms with Gasteiger partial charge in [0.2, 0.25) is 0 Å². The first-order valence-corrected chi connectivity index (χ1v) is 10.7. The van der Waals surface area contributed by atoms with Gasteiger partial charge in [0, 0.05) is 25.3 Å². The fourth-order valence-corrected chi connectivity index (χ4v) is 4.22. The molecule has 2 heterocycles. The minimum Gasteiger partial charge on any atom is -0.396 e. The van der Waals surface area contributed by atoms with E-state index in [0.29, 0.717) is 24.4 Å². The lowest BCUT2D eigenvalue weighted by molar-refractivity contribution is 0.278. The molecular formula is C25H26N4O. The number of nitrogens with zero attached hydrogens (tertiary/aromatic N) is 3. The number of aliphatic hydroxyl groups is 1. The molecule has 1 fully saturated rings. The van der Waals surface area contributed by atoms with Crippen molar-refractivity contribution < 1.29 is 5.11 Å². The number of fused-ring (bicyclic) bond motifs is 1. The zero-order chi connectivity index (χ0) is 20.5. The maximum atomic E-state index is 9.27. The molecule has 5 heteroatoms. The van der Waals surface area contributed by atoms with Crippen LogP contribution in [-0.2, 0) is 13.1 Å². The van der Waals surface area contributed by atoms with Gasteiger partial charge in [0.15, 0.2) is 0 Å². The molecular weight excluding hydrogens is 372 g/mol. The Morgan fingerprint density at radius 3 is 2.27 bits per heavy atom. The van der Waals surface area contributed by atoms with Gasteiger partial charge in [0.05, 0.1) is 17.4 Å². The SMILES string of the molecule is N=c1c2c(-c3ccccc3)c(-c3ccccc3)n(CC3CC3)c2ncn1CCCO. The molecule has 152 valence electrons. The van der Waals surface area contributed by atoms with Crippen molar-refractivity contribution in [2.75, 3.05) is 6.61 Å². The molecule has 2 N–H and O–H groups in total. The zero-order valence-corrected chi connectivity index (χ0v) is 17.0. The Morgan fingerprint density at radius 2 is 1.63 bits per heavy atom. The number of nitrogens with one attached hydrogen (secondary N) is 1. The molecule has 5 nitrogen and oxygen atoms in total. The Kier molecular flexibility index (Phi) is 4.97. The first kappa shape index (κ1) is 18.8. The van der Waals surface area contributed by atoms with E-state index in [4.69, 9.17) is 10.4 Å². The highest BCUT2D eigenvalue weighted by Gasteiger charge is 2.28. The van der Waals surface area contributed by atoms with Crippen LogP contribution in [0.2, 0.25) is 0 Å². The van der Waals surface area contributed by atoms with Crippen LogP contribution in [0.5, 0.6) is 0 Å². The molecule has 0 atom stereocenters. The average molecular weight is 399 g/mol. The van der Waals surface area contributed by atoms with Crippen LogP contribution in [0.3, 0.4) is 0 Å². The van der Waals surface area contributed by atoms with E-state index in [1.54, 1.807) is 6.33 Å². The summed E-state index contributed by atoms with van der Waals surface area (Å²) in [5.41, 5.74) is 5.81. The fourth-order valence-electron chi connectivity index (χ4n) is 4.22. The Balaban J connectivity index is 1.86. The predicted octanol–water partition coefficient (Wildman–Crippen LogP) is 4.44. The van der Waals surface area contributed by atoms with Crippen LogP contribution in [0, 0.1) is 11.3 Å². The van der Waals surface area contributed by atoms with Gasteiger partial charge in [-0.15, -0.1) is 0 Å². The highest BCUT2D eigenvalue weighted by molar-refractivity contribution is 6.02. The number of benzene rings is 2. The monoisotopic (exact) mass is 398 g/mol. The molecule has 0 unspecified atom stereocenters. The van der Waals surface area contributed by atoms with Crippen LogP contribution in [0.25, 0.3) is 33.4 Å². The number of aliphatic hydroxyl groups excluding tert-OH is 1. The van der Waals surface area contributed by atoms with Gasteiger partial charge in [-0.1, -0.05) is 60.7 Å². The third-order valence-corrected chi connectivity index (χ3v) is 5.88. The summed E-state index contributed by atoms with van der Waals surface area (Å²) < 4.78 is 4.18. The Labute approximate surface area is 175 Å². The van der Waals surface area contributed by atoms with Crippen molar-refractivity contribution in [3.8, 4) is 22.4 Å². The second kappa shape index (κ2) is 7.92. The largest absolute Gasteiger partial charge is 0.396 e. The number of hydrogen-bond donors (Lipinski definition) is 2. The Morgan fingerprint density at radius 1 is 0.967 bits per heavy atom. The van der Waals surface area contributed by atoms with Crippen molar-refractivity contribution in [2.24, 2.45) is 5.92 Å². The van der Waals surface area contributed by atoms with Crippen LogP contribution < -0.4 is 5.49 Å². The Hall–Kier alpha value is -3.18. The van der Waals surface area contributed by atoms with Crippen LogP contribution in [0.15, 0.2) is 67.0 Å². The molecule has 1 aliphatic rings. The summed E-state index contributed by atoms with van der Waals surface area (Å²) in [6.07, 6.45) is 4.88. The van der Waals surface area contributed by atoms with Crippen molar-refractivity contribution in [1.29, 1.82) is 5.41 Å². The van der Waals surface area contributed by atoms with E-state index in [1.807, 2.05) is 28.8 Å². The molecule has 0 bridgehead atoms. The van der Waals surface area contributed by atoms with Crippen molar-refractivity contribution in [1.82, 2.24) is 14.1 Å². The second-order valence-corrected chi connectivity index (χ2v) is 8.07. The average Bonchev–Trinajstić information content (AvgIpc) is 3.55. The molecule has 0 saturated heterocycles. The van der Waals surface area contributed by atoms with E-state index in [2.05, 4.69) is 41.0 Å². The molecule has 1 aliphatic carbocycles. The van der Waals surface area contributed by atoms with Gasteiger partial charge < -0.3 is 14.2 Å². The third-order valence-electron chi connectivity index (χ3n) is 5.88. The van der Waals surface area contributed by atoms with Crippen LogP contribution in [-0.4, -0.2) is 25.8 Å². The van der Waals surface area contributed by atoms with Gasteiger partial charge in [-0.2, -0.15) is 0 Å². The molecule has 0 amide bonds. The number of rotatable bonds is 7. The molecule has 0 radical (unpaired) electrons. The summed E-state index contributed by atoms with van der Waals surface area (Å²) in [7, 11) is 0. The standard InChI is InChI=1S/C25H26N4O/c26-24-22-21(19-8-3-1-4-9-19)23(20-10-5-2-6-11-20)29(16-18-12-13-18)25(22)27-17-28(24)14-7-15-30/h1-6,8-11,17-18,26,30H,7,12-16H2. The van der Waals surface area contributed by atoms with E-state index in [-0.39, 0.29) is 6.61 Å². The van der Waals surface area contributed by atoms with Crippen molar-refractivity contribution in [3.63, 3.8) is 0 Å². The zero-order valence-electron chi connectivity index (χ0n) is 17.0. The quantitative estimate of drug-likeness (QED) is 0.483. The molecule has 1 saturated carbocycles.